The highest BCUT2D eigenvalue weighted by Crippen LogP contribution is 2.47. The predicted molar refractivity (Wildman–Crippen MR) is 182 cm³/mol. The smallest absolute Gasteiger partial charge is 0.250 e. The highest BCUT2D eigenvalue weighted by Gasteiger charge is 2.30. The number of hydrogen-bond donors (Lipinski definition) is 0. The molecular formula is C35H36F2N6O4S. The molecule has 48 heavy (non-hydrogen) atoms. The lowest BCUT2D eigenvalue weighted by molar-refractivity contribution is -0.129. The second-order valence-electron chi connectivity index (χ2n) is 11.9. The summed E-state index contributed by atoms with van der Waals surface area (Å²) in [5, 5.41) is 7.52. The number of rotatable bonds is 11. The number of likely N-dealkylation sites (N-methyl/N-ethyl adjacent to an activating group) is 1. The lowest BCUT2D eigenvalue weighted by Gasteiger charge is -2.33. The summed E-state index contributed by atoms with van der Waals surface area (Å²) in [5.41, 5.74) is 3.15. The summed E-state index contributed by atoms with van der Waals surface area (Å²) in [6, 6.07) is 8.83. The lowest BCUT2D eigenvalue weighted by atomic mass is 9.96. The van der Waals surface area contributed by atoms with E-state index in [1.165, 1.54) is 30.6 Å². The van der Waals surface area contributed by atoms with E-state index in [1.54, 1.807) is 21.7 Å². The number of methoxy groups -OCH3 is 1. The molecule has 0 spiro atoms. The summed E-state index contributed by atoms with van der Waals surface area (Å²) in [4.78, 5) is 34.3. The number of hydrogen-bond acceptors (Lipinski definition) is 8. The van der Waals surface area contributed by atoms with Gasteiger partial charge in [0.1, 0.15) is 35.4 Å². The Kier molecular flexibility index (Phi) is 9.54. The van der Waals surface area contributed by atoms with Crippen LogP contribution in [0.1, 0.15) is 12.6 Å². The molecule has 4 aromatic heterocycles. The zero-order valence-electron chi connectivity index (χ0n) is 27.2. The minimum Gasteiger partial charge on any atom is -0.490 e. The Morgan fingerprint density at radius 2 is 1.96 bits per heavy atom. The van der Waals surface area contributed by atoms with Crippen LogP contribution in [0, 0.1) is 11.6 Å². The van der Waals surface area contributed by atoms with Gasteiger partial charge in [0.2, 0.25) is 5.91 Å². The molecule has 0 aliphatic carbocycles. The second-order valence-corrected chi connectivity index (χ2v) is 12.8. The van der Waals surface area contributed by atoms with Crippen LogP contribution in [-0.4, -0.2) is 82.0 Å². The summed E-state index contributed by atoms with van der Waals surface area (Å²) < 4.78 is 45.9. The van der Waals surface area contributed by atoms with Crippen molar-refractivity contribution in [3.05, 3.63) is 88.3 Å². The molecule has 13 heteroatoms. The van der Waals surface area contributed by atoms with Crippen molar-refractivity contribution >= 4 is 27.3 Å². The summed E-state index contributed by atoms with van der Waals surface area (Å²) in [6.07, 6.45) is 3.08. The molecule has 0 fully saturated rings. The van der Waals surface area contributed by atoms with Crippen molar-refractivity contribution < 1.29 is 23.0 Å². The topological polar surface area (TPSA) is 94.7 Å². The van der Waals surface area contributed by atoms with Crippen LogP contribution in [0.3, 0.4) is 0 Å². The monoisotopic (exact) mass is 674 g/mol. The standard InChI is InChI=1S/C35H36F2N6O4S/c1-6-29(44)42-20-24-17-27(39-43(24)18-21(42)2)34-32(31-26(37)15-23(36)16-28(31)47-13-12-46-5)35-25(9-14-48-35)33(38-34)22-7-8-30(45)41(19-22)11-10-40(3)4/h6-9,14-17,19,21H,1,10-13,18,20H2,2-5H3/t21-/m1/s1. The predicted octanol–water partition coefficient (Wildman–Crippen LogP) is 5.44. The van der Waals surface area contributed by atoms with E-state index in [4.69, 9.17) is 19.6 Å². The van der Waals surface area contributed by atoms with Gasteiger partial charge in [0, 0.05) is 71.9 Å². The van der Waals surface area contributed by atoms with Crippen LogP contribution in [0.4, 0.5) is 8.78 Å². The van der Waals surface area contributed by atoms with Crippen molar-refractivity contribution in [1.82, 2.24) is 29.1 Å². The minimum atomic E-state index is -0.814. The van der Waals surface area contributed by atoms with E-state index in [1.807, 2.05) is 48.1 Å². The Balaban J connectivity index is 1.61. The number of halogens is 2. The molecule has 5 aromatic rings. The molecule has 0 bridgehead atoms. The lowest BCUT2D eigenvalue weighted by Crippen LogP contribution is -2.44. The normalized spacial score (nSPS) is 14.5. The van der Waals surface area contributed by atoms with Gasteiger partial charge in [-0.05, 0) is 50.7 Å². The zero-order valence-corrected chi connectivity index (χ0v) is 28.0. The van der Waals surface area contributed by atoms with Gasteiger partial charge in [-0.25, -0.2) is 13.8 Å². The first kappa shape index (κ1) is 33.2. The van der Waals surface area contributed by atoms with E-state index in [0.29, 0.717) is 59.1 Å². The molecule has 1 aromatic carbocycles. The van der Waals surface area contributed by atoms with Gasteiger partial charge in [-0.3, -0.25) is 14.3 Å². The van der Waals surface area contributed by atoms with Crippen LogP contribution >= 0.6 is 11.3 Å². The maximum absolute atomic E-state index is 16.1. The molecule has 0 radical (unpaired) electrons. The summed E-state index contributed by atoms with van der Waals surface area (Å²) >= 11 is 1.39. The Hall–Kier alpha value is -4.72. The molecule has 0 N–H and O–H groups in total. The molecule has 1 amide bonds. The van der Waals surface area contributed by atoms with Crippen molar-refractivity contribution in [2.75, 3.05) is 41.0 Å². The quantitative estimate of drug-likeness (QED) is 0.136. The van der Waals surface area contributed by atoms with Crippen molar-refractivity contribution in [2.45, 2.75) is 32.6 Å². The van der Waals surface area contributed by atoms with Gasteiger partial charge in [-0.15, -0.1) is 11.3 Å². The third kappa shape index (κ3) is 6.40. The number of carbonyl (C=O) groups is 1. The molecule has 10 nitrogen and oxygen atoms in total. The molecule has 1 aliphatic rings. The fourth-order valence-corrected chi connectivity index (χ4v) is 6.85. The molecule has 1 aliphatic heterocycles. The number of aromatic nitrogens is 4. The van der Waals surface area contributed by atoms with Gasteiger partial charge in [0.15, 0.2) is 0 Å². The fourth-order valence-electron chi connectivity index (χ4n) is 5.91. The first-order chi connectivity index (χ1) is 23.1. The van der Waals surface area contributed by atoms with Gasteiger partial charge in [-0.2, -0.15) is 5.10 Å². The largest absolute Gasteiger partial charge is 0.490 e. The van der Waals surface area contributed by atoms with E-state index >= 15 is 4.39 Å². The van der Waals surface area contributed by atoms with Crippen LogP contribution in [0.2, 0.25) is 0 Å². The number of fused-ring (bicyclic) bond motifs is 2. The van der Waals surface area contributed by atoms with Crippen molar-refractivity contribution in [1.29, 1.82) is 0 Å². The van der Waals surface area contributed by atoms with Crippen molar-refractivity contribution in [2.24, 2.45) is 0 Å². The second kappa shape index (κ2) is 13.8. The summed E-state index contributed by atoms with van der Waals surface area (Å²) in [5.74, 6) is -1.78. The van der Waals surface area contributed by atoms with Crippen molar-refractivity contribution in [3.63, 3.8) is 0 Å². The molecule has 0 unspecified atom stereocenters. The number of ether oxygens (including phenoxy) is 2. The molecule has 250 valence electrons. The van der Waals surface area contributed by atoms with Crippen LogP contribution < -0.4 is 10.3 Å². The number of nitrogens with zero attached hydrogens (tertiary/aromatic N) is 6. The number of pyridine rings is 2. The third-order valence-electron chi connectivity index (χ3n) is 8.33. The van der Waals surface area contributed by atoms with Gasteiger partial charge in [0.05, 0.1) is 36.6 Å². The zero-order chi connectivity index (χ0) is 34.1. The van der Waals surface area contributed by atoms with E-state index in [9.17, 15) is 14.0 Å². The van der Waals surface area contributed by atoms with E-state index < -0.39 is 11.6 Å². The maximum Gasteiger partial charge on any atom is 0.250 e. The SMILES string of the molecule is C=CC(=O)N1Cc2cc(-c3nc(-c4ccc(=O)n(CCN(C)C)c4)c4ccsc4c3-c3c(F)cc(F)cc3OCCOC)nn2C[C@H]1C. The Morgan fingerprint density at radius 3 is 2.71 bits per heavy atom. The van der Waals surface area contributed by atoms with Crippen LogP contribution in [0.5, 0.6) is 5.75 Å². The first-order valence-corrected chi connectivity index (χ1v) is 16.4. The number of benzene rings is 1. The number of carbonyl (C=O) groups excluding carboxylic acids is 1. The van der Waals surface area contributed by atoms with E-state index in [0.717, 1.165) is 23.2 Å². The minimum absolute atomic E-state index is 0.00707. The number of thiophene rings is 1. The van der Waals surface area contributed by atoms with E-state index in [-0.39, 0.29) is 42.0 Å². The Morgan fingerprint density at radius 1 is 1.15 bits per heavy atom. The van der Waals surface area contributed by atoms with Crippen LogP contribution in [-0.2, 0) is 29.2 Å². The number of amides is 1. The molecule has 1 atom stereocenters. The van der Waals surface area contributed by atoms with Gasteiger partial charge >= 0.3 is 0 Å². The summed E-state index contributed by atoms with van der Waals surface area (Å²) in [7, 11) is 5.40. The Labute approximate surface area is 280 Å². The molecule has 6 rings (SSSR count). The van der Waals surface area contributed by atoms with Crippen LogP contribution in [0.15, 0.2) is 65.4 Å². The third-order valence-corrected chi connectivity index (χ3v) is 9.26. The van der Waals surface area contributed by atoms with Gasteiger partial charge < -0.3 is 23.8 Å². The maximum atomic E-state index is 16.1. The Bertz CT molecular complexity index is 2070. The average molecular weight is 675 g/mol. The molecule has 5 heterocycles. The van der Waals surface area contributed by atoms with Gasteiger partial charge in [-0.1, -0.05) is 6.58 Å². The molecule has 0 saturated heterocycles. The first-order valence-electron chi connectivity index (χ1n) is 15.5. The highest BCUT2D eigenvalue weighted by atomic mass is 32.1. The van der Waals surface area contributed by atoms with Crippen molar-refractivity contribution in [3.8, 4) is 39.5 Å². The van der Waals surface area contributed by atoms with E-state index in [2.05, 4.69) is 6.58 Å². The molecule has 0 saturated carbocycles. The van der Waals surface area contributed by atoms with Gasteiger partial charge in [0.25, 0.3) is 5.56 Å². The summed E-state index contributed by atoms with van der Waals surface area (Å²) in [6.45, 7) is 7.74. The fraction of sp³-hybridized carbons (Fsp3) is 0.314. The van der Waals surface area contributed by atoms with Crippen LogP contribution in [0.25, 0.3) is 43.9 Å². The molecular weight excluding hydrogens is 638 g/mol. The average Bonchev–Trinajstić information content (AvgIpc) is 3.71. The highest BCUT2D eigenvalue weighted by molar-refractivity contribution is 7.18.